The van der Waals surface area contributed by atoms with E-state index in [2.05, 4.69) is 11.8 Å². The molecule has 0 saturated carbocycles. The van der Waals surface area contributed by atoms with Crippen LogP contribution in [0.25, 0.3) is 0 Å². The monoisotopic (exact) mass is 266 g/mol. The lowest BCUT2D eigenvalue weighted by Gasteiger charge is -2.25. The van der Waals surface area contributed by atoms with Crippen molar-refractivity contribution in [2.45, 2.75) is 26.2 Å². The van der Waals surface area contributed by atoms with Crippen LogP contribution in [0.3, 0.4) is 0 Å². The molecule has 2 nitrogen and oxygen atoms in total. The Morgan fingerprint density at radius 2 is 2.17 bits per heavy atom. The van der Waals surface area contributed by atoms with E-state index in [1.165, 1.54) is 12.5 Å². The molecule has 1 aromatic rings. The molecule has 2 N–H and O–H groups in total. The number of hydrogen-bond donors (Lipinski definition) is 1. The highest BCUT2D eigenvalue weighted by Crippen LogP contribution is 2.27. The van der Waals surface area contributed by atoms with E-state index in [0.717, 1.165) is 37.5 Å². The van der Waals surface area contributed by atoms with Crippen molar-refractivity contribution in [1.29, 1.82) is 0 Å². The van der Waals surface area contributed by atoms with Crippen LogP contribution < -0.4 is 10.6 Å². The summed E-state index contributed by atoms with van der Waals surface area (Å²) in [6.45, 7) is 4.16. The molecule has 0 radical (unpaired) electrons. The summed E-state index contributed by atoms with van der Waals surface area (Å²) in [5, 5.41) is 0. The predicted octanol–water partition coefficient (Wildman–Crippen LogP) is 3.09. The summed E-state index contributed by atoms with van der Waals surface area (Å²) in [5.74, 6) is 0.411. The molecule has 1 atom stereocenters. The van der Waals surface area contributed by atoms with Crippen molar-refractivity contribution in [2.75, 3.05) is 18.0 Å². The molecule has 1 unspecified atom stereocenters. The van der Waals surface area contributed by atoms with Crippen LogP contribution >= 0.6 is 12.2 Å². The number of nitrogens with zero attached hydrogens (tertiary/aromatic N) is 1. The standard InChI is InChI=1S/C14H19FN2S/c1-10-4-3-8-17(9-7-10)12-6-2-5-11(15)13(12)14(16)18/h2,5-6,10H,3-4,7-9H2,1H3,(H2,16,18). The van der Waals surface area contributed by atoms with Crippen molar-refractivity contribution in [3.05, 3.63) is 29.6 Å². The van der Waals surface area contributed by atoms with Gasteiger partial charge in [0.25, 0.3) is 0 Å². The van der Waals surface area contributed by atoms with Crippen molar-refractivity contribution >= 4 is 22.9 Å². The quantitative estimate of drug-likeness (QED) is 0.834. The van der Waals surface area contributed by atoms with Crippen LogP contribution in [0.15, 0.2) is 18.2 Å². The highest BCUT2D eigenvalue weighted by Gasteiger charge is 2.19. The van der Waals surface area contributed by atoms with Crippen LogP contribution in [0.4, 0.5) is 10.1 Å². The smallest absolute Gasteiger partial charge is 0.135 e. The fraction of sp³-hybridized carbons (Fsp3) is 0.500. The maximum Gasteiger partial charge on any atom is 0.135 e. The lowest BCUT2D eigenvalue weighted by molar-refractivity contribution is 0.521. The van der Waals surface area contributed by atoms with Crippen molar-refractivity contribution in [1.82, 2.24) is 0 Å². The number of hydrogen-bond acceptors (Lipinski definition) is 2. The number of halogens is 1. The summed E-state index contributed by atoms with van der Waals surface area (Å²) in [7, 11) is 0. The van der Waals surface area contributed by atoms with E-state index in [9.17, 15) is 4.39 Å². The van der Waals surface area contributed by atoms with Crippen LogP contribution in [0.2, 0.25) is 0 Å². The van der Waals surface area contributed by atoms with E-state index >= 15 is 0 Å². The number of rotatable bonds is 2. The molecule has 2 rings (SSSR count). The Labute approximate surface area is 113 Å². The predicted molar refractivity (Wildman–Crippen MR) is 77.5 cm³/mol. The fourth-order valence-electron chi connectivity index (χ4n) is 2.52. The minimum Gasteiger partial charge on any atom is -0.389 e. The molecular formula is C14H19FN2S. The first-order valence-corrected chi connectivity index (χ1v) is 6.83. The van der Waals surface area contributed by atoms with Crippen molar-refractivity contribution in [2.24, 2.45) is 11.7 Å². The Morgan fingerprint density at radius 3 is 2.89 bits per heavy atom. The fourth-order valence-corrected chi connectivity index (χ4v) is 2.73. The van der Waals surface area contributed by atoms with Crippen molar-refractivity contribution in [3.63, 3.8) is 0 Å². The van der Waals surface area contributed by atoms with Gasteiger partial charge in [0.1, 0.15) is 10.8 Å². The first kappa shape index (κ1) is 13.3. The zero-order valence-electron chi connectivity index (χ0n) is 10.7. The normalized spacial score (nSPS) is 20.6. The third-order valence-electron chi connectivity index (χ3n) is 3.60. The molecule has 1 aromatic carbocycles. The molecule has 0 aliphatic carbocycles. The average Bonchev–Trinajstić information content (AvgIpc) is 2.53. The van der Waals surface area contributed by atoms with E-state index in [1.54, 1.807) is 6.07 Å². The molecule has 98 valence electrons. The molecule has 4 heteroatoms. The van der Waals surface area contributed by atoms with Crippen LogP contribution in [-0.4, -0.2) is 18.1 Å². The Bertz CT molecular complexity index is 447. The third-order valence-corrected chi connectivity index (χ3v) is 3.80. The lowest BCUT2D eigenvalue weighted by atomic mass is 10.0. The Balaban J connectivity index is 2.32. The SMILES string of the molecule is CC1CCCN(c2cccc(F)c2C(N)=S)CC1. The highest BCUT2D eigenvalue weighted by molar-refractivity contribution is 7.80. The van der Waals surface area contributed by atoms with E-state index in [0.29, 0.717) is 5.56 Å². The second kappa shape index (κ2) is 5.65. The maximum atomic E-state index is 13.8. The Hall–Kier alpha value is -1.16. The van der Waals surface area contributed by atoms with E-state index in [4.69, 9.17) is 18.0 Å². The lowest BCUT2D eigenvalue weighted by Crippen LogP contribution is -2.27. The van der Waals surface area contributed by atoms with Crippen molar-refractivity contribution < 1.29 is 4.39 Å². The topological polar surface area (TPSA) is 29.3 Å². The van der Waals surface area contributed by atoms with Gasteiger partial charge in [-0.2, -0.15) is 0 Å². The number of anilines is 1. The maximum absolute atomic E-state index is 13.8. The molecule has 18 heavy (non-hydrogen) atoms. The van der Waals surface area contributed by atoms with Gasteiger partial charge >= 0.3 is 0 Å². The molecule has 1 aliphatic rings. The number of thiocarbonyl (C=S) groups is 1. The van der Waals surface area contributed by atoms with Crippen LogP contribution in [0, 0.1) is 11.7 Å². The van der Waals surface area contributed by atoms with Crippen LogP contribution in [-0.2, 0) is 0 Å². The van der Waals surface area contributed by atoms with Gasteiger partial charge in [0.2, 0.25) is 0 Å². The second-order valence-corrected chi connectivity index (χ2v) is 5.46. The molecule has 0 bridgehead atoms. The summed E-state index contributed by atoms with van der Waals surface area (Å²) in [4.78, 5) is 2.35. The van der Waals surface area contributed by atoms with Crippen molar-refractivity contribution in [3.8, 4) is 0 Å². The van der Waals surface area contributed by atoms with Crippen LogP contribution in [0.1, 0.15) is 31.7 Å². The largest absolute Gasteiger partial charge is 0.389 e. The molecule has 0 aromatic heterocycles. The first-order chi connectivity index (χ1) is 8.59. The summed E-state index contributed by atoms with van der Waals surface area (Å²) in [6, 6.07) is 5.05. The summed E-state index contributed by atoms with van der Waals surface area (Å²) >= 11 is 4.97. The summed E-state index contributed by atoms with van der Waals surface area (Å²) in [5.41, 5.74) is 6.89. The molecular weight excluding hydrogens is 247 g/mol. The molecule has 0 amide bonds. The van der Waals surface area contributed by atoms with E-state index < -0.39 is 0 Å². The van der Waals surface area contributed by atoms with Gasteiger partial charge in [0.05, 0.1) is 5.56 Å². The number of nitrogens with two attached hydrogens (primary N) is 1. The van der Waals surface area contributed by atoms with Crippen LogP contribution in [0.5, 0.6) is 0 Å². The van der Waals surface area contributed by atoms with Gasteiger partial charge in [-0.05, 0) is 37.3 Å². The molecule has 1 aliphatic heterocycles. The number of benzene rings is 1. The summed E-state index contributed by atoms with van der Waals surface area (Å²) < 4.78 is 13.8. The molecule has 1 saturated heterocycles. The average molecular weight is 266 g/mol. The third kappa shape index (κ3) is 2.80. The van der Waals surface area contributed by atoms with E-state index in [-0.39, 0.29) is 10.8 Å². The second-order valence-electron chi connectivity index (χ2n) is 5.02. The van der Waals surface area contributed by atoms with E-state index in [1.807, 2.05) is 6.07 Å². The first-order valence-electron chi connectivity index (χ1n) is 6.43. The molecule has 1 heterocycles. The van der Waals surface area contributed by atoms with Gasteiger partial charge in [-0.15, -0.1) is 0 Å². The minimum absolute atomic E-state index is 0.139. The van der Waals surface area contributed by atoms with Gasteiger partial charge in [0, 0.05) is 18.8 Å². The highest BCUT2D eigenvalue weighted by atomic mass is 32.1. The van der Waals surface area contributed by atoms with Gasteiger partial charge in [-0.25, -0.2) is 4.39 Å². The summed E-state index contributed by atoms with van der Waals surface area (Å²) in [6.07, 6.45) is 3.50. The van der Waals surface area contributed by atoms with Gasteiger partial charge < -0.3 is 10.6 Å². The van der Waals surface area contributed by atoms with Gasteiger partial charge in [-0.3, -0.25) is 0 Å². The zero-order valence-corrected chi connectivity index (χ0v) is 11.5. The molecule has 1 fully saturated rings. The molecule has 0 spiro atoms. The van der Waals surface area contributed by atoms with Gasteiger partial charge in [0.15, 0.2) is 0 Å². The van der Waals surface area contributed by atoms with Gasteiger partial charge in [-0.1, -0.05) is 25.2 Å². The Kier molecular flexibility index (Phi) is 4.17. The Morgan fingerprint density at radius 1 is 1.39 bits per heavy atom. The zero-order chi connectivity index (χ0) is 13.1. The minimum atomic E-state index is -0.322.